The number of nitrogens with two attached hydrogens (primary N) is 1. The van der Waals surface area contributed by atoms with Crippen molar-refractivity contribution >= 4 is 11.7 Å². The summed E-state index contributed by atoms with van der Waals surface area (Å²) >= 11 is 0. The zero-order valence-corrected chi connectivity index (χ0v) is 11.2. The summed E-state index contributed by atoms with van der Waals surface area (Å²) < 4.78 is 0. The average molecular weight is 263 g/mol. The zero-order valence-electron chi connectivity index (χ0n) is 11.2. The Balaban J connectivity index is 2.27. The number of para-hydroxylation sites is 1. The number of carboxylic acids is 1. The Labute approximate surface area is 113 Å². The number of nitrogens with zero attached hydrogens (tertiary/aromatic N) is 2. The molecule has 1 saturated heterocycles. The van der Waals surface area contributed by atoms with E-state index < -0.39 is 11.9 Å². The van der Waals surface area contributed by atoms with Gasteiger partial charge in [0.05, 0.1) is 5.92 Å². The lowest BCUT2D eigenvalue weighted by Crippen LogP contribution is -2.45. The highest BCUT2D eigenvalue weighted by Crippen LogP contribution is 2.28. The summed E-state index contributed by atoms with van der Waals surface area (Å²) in [6.07, 6.45) is 0. The van der Waals surface area contributed by atoms with Crippen LogP contribution in [0.15, 0.2) is 24.3 Å². The Kier molecular flexibility index (Phi) is 4.39. The molecule has 1 aromatic carbocycles. The van der Waals surface area contributed by atoms with Crippen LogP contribution in [0.5, 0.6) is 0 Å². The van der Waals surface area contributed by atoms with Crippen molar-refractivity contribution < 1.29 is 9.90 Å². The molecule has 2 rings (SSSR count). The van der Waals surface area contributed by atoms with Gasteiger partial charge in [-0.15, -0.1) is 0 Å². The maximum absolute atomic E-state index is 11.3. The lowest BCUT2D eigenvalue weighted by Gasteiger charge is -2.35. The van der Waals surface area contributed by atoms with Gasteiger partial charge in [0.15, 0.2) is 0 Å². The molecular weight excluding hydrogens is 242 g/mol. The number of carboxylic acid groups (broad SMARTS) is 1. The molecule has 5 heteroatoms. The molecule has 0 aliphatic carbocycles. The number of likely N-dealkylation sites (N-methyl/N-ethyl adjacent to an activating group) is 1. The third-order valence-corrected chi connectivity index (χ3v) is 3.69. The van der Waals surface area contributed by atoms with E-state index in [4.69, 9.17) is 5.73 Å². The maximum atomic E-state index is 11.3. The second kappa shape index (κ2) is 6.04. The molecule has 0 radical (unpaired) electrons. The molecule has 0 saturated carbocycles. The SMILES string of the molecule is CN1CCN(c2ccccc2C(CN)C(=O)O)CC1. The molecule has 1 atom stereocenters. The van der Waals surface area contributed by atoms with Crippen molar-refractivity contribution in [2.75, 3.05) is 44.7 Å². The predicted octanol–water partition coefficient (Wildman–Crippen LogP) is 0.565. The van der Waals surface area contributed by atoms with E-state index in [9.17, 15) is 9.90 Å². The molecule has 1 aliphatic heterocycles. The number of benzene rings is 1. The molecule has 1 heterocycles. The highest BCUT2D eigenvalue weighted by Gasteiger charge is 2.24. The molecule has 1 fully saturated rings. The van der Waals surface area contributed by atoms with Crippen molar-refractivity contribution in [1.29, 1.82) is 0 Å². The molecule has 104 valence electrons. The highest BCUT2D eigenvalue weighted by molar-refractivity contribution is 5.79. The first-order valence-electron chi connectivity index (χ1n) is 6.58. The summed E-state index contributed by atoms with van der Waals surface area (Å²) in [5, 5.41) is 9.28. The lowest BCUT2D eigenvalue weighted by molar-refractivity contribution is -0.138. The van der Waals surface area contributed by atoms with Crippen LogP contribution in [0, 0.1) is 0 Å². The van der Waals surface area contributed by atoms with Crippen molar-refractivity contribution in [2.45, 2.75) is 5.92 Å². The van der Waals surface area contributed by atoms with Gasteiger partial charge in [-0.2, -0.15) is 0 Å². The number of hydrogen-bond acceptors (Lipinski definition) is 4. The van der Waals surface area contributed by atoms with Crippen LogP contribution in [0.4, 0.5) is 5.69 Å². The maximum Gasteiger partial charge on any atom is 0.312 e. The van der Waals surface area contributed by atoms with Crippen molar-refractivity contribution in [3.8, 4) is 0 Å². The van der Waals surface area contributed by atoms with Gasteiger partial charge in [0, 0.05) is 38.4 Å². The number of aliphatic carboxylic acids is 1. The highest BCUT2D eigenvalue weighted by atomic mass is 16.4. The number of hydrogen-bond donors (Lipinski definition) is 2. The van der Waals surface area contributed by atoms with Crippen LogP contribution < -0.4 is 10.6 Å². The standard InChI is InChI=1S/C14H21N3O2/c1-16-6-8-17(9-7-16)13-5-3-2-4-11(13)12(10-15)14(18)19/h2-5,12H,6-10,15H2,1H3,(H,18,19). The van der Waals surface area contributed by atoms with Gasteiger partial charge in [-0.05, 0) is 18.7 Å². The van der Waals surface area contributed by atoms with Gasteiger partial charge in [-0.1, -0.05) is 18.2 Å². The van der Waals surface area contributed by atoms with E-state index in [-0.39, 0.29) is 6.54 Å². The Bertz CT molecular complexity index is 442. The van der Waals surface area contributed by atoms with Crippen molar-refractivity contribution in [3.63, 3.8) is 0 Å². The minimum atomic E-state index is -0.857. The number of piperazine rings is 1. The lowest BCUT2D eigenvalue weighted by atomic mass is 9.96. The van der Waals surface area contributed by atoms with Gasteiger partial charge >= 0.3 is 5.97 Å². The number of anilines is 1. The van der Waals surface area contributed by atoms with Crippen molar-refractivity contribution in [3.05, 3.63) is 29.8 Å². The van der Waals surface area contributed by atoms with E-state index in [0.29, 0.717) is 0 Å². The van der Waals surface area contributed by atoms with Crippen LogP contribution in [0.1, 0.15) is 11.5 Å². The van der Waals surface area contributed by atoms with E-state index in [1.807, 2.05) is 24.3 Å². The Morgan fingerprint density at radius 2 is 1.95 bits per heavy atom. The fourth-order valence-electron chi connectivity index (χ4n) is 2.48. The minimum Gasteiger partial charge on any atom is -0.481 e. The topological polar surface area (TPSA) is 69.8 Å². The third kappa shape index (κ3) is 3.05. The molecule has 1 unspecified atom stereocenters. The first-order valence-corrected chi connectivity index (χ1v) is 6.58. The smallest absolute Gasteiger partial charge is 0.312 e. The molecule has 0 aromatic heterocycles. The summed E-state index contributed by atoms with van der Waals surface area (Å²) in [6, 6.07) is 7.69. The van der Waals surface area contributed by atoms with Gasteiger partial charge in [-0.3, -0.25) is 4.79 Å². The van der Waals surface area contributed by atoms with Crippen LogP contribution in [-0.2, 0) is 4.79 Å². The molecule has 5 nitrogen and oxygen atoms in total. The quantitative estimate of drug-likeness (QED) is 0.831. The average Bonchev–Trinajstić information content (AvgIpc) is 2.41. The van der Waals surface area contributed by atoms with Crippen LogP contribution in [0.2, 0.25) is 0 Å². The molecule has 0 amide bonds. The Morgan fingerprint density at radius 3 is 2.53 bits per heavy atom. The van der Waals surface area contributed by atoms with E-state index in [1.165, 1.54) is 0 Å². The van der Waals surface area contributed by atoms with Crippen LogP contribution in [-0.4, -0.2) is 55.7 Å². The first kappa shape index (κ1) is 13.8. The molecular formula is C14H21N3O2. The predicted molar refractivity (Wildman–Crippen MR) is 75.6 cm³/mol. The van der Waals surface area contributed by atoms with E-state index in [0.717, 1.165) is 37.4 Å². The molecule has 0 bridgehead atoms. The summed E-state index contributed by atoms with van der Waals surface area (Å²) in [5.41, 5.74) is 7.45. The van der Waals surface area contributed by atoms with Crippen molar-refractivity contribution in [1.82, 2.24) is 4.90 Å². The zero-order chi connectivity index (χ0) is 13.8. The van der Waals surface area contributed by atoms with Gasteiger partial charge in [0.25, 0.3) is 0 Å². The number of carbonyl (C=O) groups is 1. The van der Waals surface area contributed by atoms with Gasteiger partial charge in [0.1, 0.15) is 0 Å². The van der Waals surface area contributed by atoms with Gasteiger partial charge in [0.2, 0.25) is 0 Å². The van der Waals surface area contributed by atoms with Gasteiger partial charge in [-0.25, -0.2) is 0 Å². The number of rotatable bonds is 4. The second-order valence-electron chi connectivity index (χ2n) is 4.98. The summed E-state index contributed by atoms with van der Waals surface area (Å²) in [7, 11) is 2.10. The normalized spacial score (nSPS) is 18.3. The minimum absolute atomic E-state index is 0.125. The van der Waals surface area contributed by atoms with Crippen LogP contribution in [0.3, 0.4) is 0 Å². The summed E-state index contributed by atoms with van der Waals surface area (Å²) in [5.74, 6) is -1.49. The summed E-state index contributed by atoms with van der Waals surface area (Å²) in [6.45, 7) is 3.96. The fourth-order valence-corrected chi connectivity index (χ4v) is 2.48. The van der Waals surface area contributed by atoms with E-state index in [2.05, 4.69) is 16.8 Å². The van der Waals surface area contributed by atoms with Crippen molar-refractivity contribution in [2.24, 2.45) is 5.73 Å². The van der Waals surface area contributed by atoms with E-state index >= 15 is 0 Å². The Hall–Kier alpha value is -1.59. The van der Waals surface area contributed by atoms with Crippen LogP contribution >= 0.6 is 0 Å². The molecule has 1 aliphatic rings. The Morgan fingerprint density at radius 1 is 1.32 bits per heavy atom. The van der Waals surface area contributed by atoms with E-state index in [1.54, 1.807) is 0 Å². The molecule has 1 aromatic rings. The fraction of sp³-hybridized carbons (Fsp3) is 0.500. The first-order chi connectivity index (χ1) is 9.13. The second-order valence-corrected chi connectivity index (χ2v) is 4.98. The largest absolute Gasteiger partial charge is 0.481 e. The molecule has 0 spiro atoms. The third-order valence-electron chi connectivity index (χ3n) is 3.69. The van der Waals surface area contributed by atoms with Crippen LogP contribution in [0.25, 0.3) is 0 Å². The summed E-state index contributed by atoms with van der Waals surface area (Å²) in [4.78, 5) is 15.8. The monoisotopic (exact) mass is 263 g/mol. The molecule has 3 N–H and O–H groups in total. The molecule has 19 heavy (non-hydrogen) atoms. The van der Waals surface area contributed by atoms with Gasteiger partial charge < -0.3 is 20.6 Å².